The van der Waals surface area contributed by atoms with Crippen LogP contribution in [0.3, 0.4) is 0 Å². The van der Waals surface area contributed by atoms with E-state index >= 15 is 0 Å². The number of methoxy groups -OCH3 is 2. The molecule has 0 unspecified atom stereocenters. The van der Waals surface area contributed by atoms with E-state index in [1.54, 1.807) is 27.9 Å². The SMILES string of the molecule is COc1cc2ccc3cc2cc1CCCC(C)(C)COC(=O)N[C@@H](C(C)(C)C)C(=O)N1C[C@@]3(OC)C[C@H]1C(=O)N[C@]1(C(=O)NS(=O)(=O)C2CC2)C[C@H]1C(F)F. The smallest absolute Gasteiger partial charge is 0.407 e. The molecule has 4 aliphatic rings. The van der Waals surface area contributed by atoms with Crippen LogP contribution in [0, 0.1) is 16.7 Å². The number of sulfonamides is 1. The molecule has 0 spiro atoms. The minimum absolute atomic E-state index is 0.0650. The molecular formula is C39H52F2N4O9S. The molecule has 2 aliphatic carbocycles. The van der Waals surface area contributed by atoms with E-state index in [0.717, 1.165) is 34.9 Å². The molecule has 5 atom stereocenters. The van der Waals surface area contributed by atoms with E-state index in [-0.39, 0.29) is 19.6 Å². The first-order valence-corrected chi connectivity index (χ1v) is 20.3. The molecule has 1 saturated heterocycles. The highest BCUT2D eigenvalue weighted by atomic mass is 32.2. The Morgan fingerprint density at radius 1 is 1.05 bits per heavy atom. The largest absolute Gasteiger partial charge is 0.496 e. The summed E-state index contributed by atoms with van der Waals surface area (Å²) >= 11 is 0. The lowest BCUT2D eigenvalue weighted by atomic mass is 9.85. The van der Waals surface area contributed by atoms with Gasteiger partial charge in [0.25, 0.3) is 5.91 Å². The number of ether oxygens (including phenoxy) is 3. The Labute approximate surface area is 320 Å². The number of cyclic esters (lactones) is 1. The predicted molar refractivity (Wildman–Crippen MR) is 199 cm³/mol. The molecular weight excluding hydrogens is 739 g/mol. The number of amides is 4. The van der Waals surface area contributed by atoms with Gasteiger partial charge in [-0.15, -0.1) is 0 Å². The highest BCUT2D eigenvalue weighted by molar-refractivity contribution is 7.91. The summed E-state index contributed by atoms with van der Waals surface area (Å²) in [6, 6.07) is 7.04. The maximum atomic E-state index is 14.8. The molecule has 2 aliphatic heterocycles. The molecule has 55 heavy (non-hydrogen) atoms. The molecule has 302 valence electrons. The Balaban J connectivity index is 1.43. The fourth-order valence-corrected chi connectivity index (χ4v) is 9.27. The molecule has 16 heteroatoms. The van der Waals surface area contributed by atoms with Gasteiger partial charge in [0.1, 0.15) is 29.0 Å². The van der Waals surface area contributed by atoms with Crippen molar-refractivity contribution in [3.63, 3.8) is 0 Å². The Kier molecular flexibility index (Phi) is 10.7. The Hall–Kier alpha value is -4.05. The van der Waals surface area contributed by atoms with E-state index in [2.05, 4.69) is 10.6 Å². The molecule has 6 rings (SSSR count). The standard InChI is InChI=1S/C39H52F2N4O9S/c1-36(2,3)30-33(47)45-20-38(53-7,19-28(45)32(46)43-39(18-27(39)31(40)41)34(48)44-55(50,51)26-12-13-26)25-11-10-22-17-29(52-6)23(15-24(22)16-25)9-8-14-37(4,5)21-54-35(49)42-30/h10-11,15-17,26-28,30-31H,8-9,12-14,18-21H2,1-7H3,(H,42,49)(H,43,46)(H,44,48)/t27-,28-,30+,38-,39+/m0/s1. The maximum Gasteiger partial charge on any atom is 0.407 e. The van der Waals surface area contributed by atoms with E-state index in [4.69, 9.17) is 14.2 Å². The van der Waals surface area contributed by atoms with E-state index in [1.807, 2.05) is 48.9 Å². The lowest BCUT2D eigenvalue weighted by molar-refractivity contribution is -0.143. The zero-order chi connectivity index (χ0) is 40.3. The zero-order valence-corrected chi connectivity index (χ0v) is 33.2. The van der Waals surface area contributed by atoms with Crippen molar-refractivity contribution < 1.29 is 50.6 Å². The molecule has 5 bridgehead atoms. The van der Waals surface area contributed by atoms with Crippen LogP contribution in [0.25, 0.3) is 10.8 Å². The van der Waals surface area contributed by atoms with Crippen molar-refractivity contribution in [3.05, 3.63) is 41.5 Å². The summed E-state index contributed by atoms with van der Waals surface area (Å²) in [4.78, 5) is 57.3. The third-order valence-corrected chi connectivity index (χ3v) is 13.4. The molecule has 3 N–H and O–H groups in total. The van der Waals surface area contributed by atoms with Crippen LogP contribution in [0.1, 0.15) is 84.3 Å². The van der Waals surface area contributed by atoms with Crippen LogP contribution >= 0.6 is 0 Å². The highest BCUT2D eigenvalue weighted by Crippen LogP contribution is 2.49. The van der Waals surface area contributed by atoms with Crippen LogP contribution in [-0.2, 0) is 45.9 Å². The van der Waals surface area contributed by atoms with Crippen molar-refractivity contribution in [2.75, 3.05) is 27.4 Å². The van der Waals surface area contributed by atoms with E-state index in [1.165, 1.54) is 12.0 Å². The zero-order valence-electron chi connectivity index (χ0n) is 32.4. The summed E-state index contributed by atoms with van der Waals surface area (Å²) in [5, 5.41) is 6.13. The second-order valence-electron chi connectivity index (χ2n) is 17.4. The summed E-state index contributed by atoms with van der Waals surface area (Å²) in [6.07, 6.45) is -1.68. The number of aryl methyl sites for hydroxylation is 1. The number of fused-ring (bicyclic) bond motifs is 5. The lowest BCUT2D eigenvalue weighted by Gasteiger charge is -2.36. The Morgan fingerprint density at radius 3 is 2.36 bits per heavy atom. The van der Waals surface area contributed by atoms with Crippen LogP contribution < -0.4 is 20.1 Å². The number of carbonyl (C=O) groups excluding carboxylic acids is 4. The van der Waals surface area contributed by atoms with Crippen molar-refractivity contribution in [2.24, 2.45) is 16.7 Å². The van der Waals surface area contributed by atoms with Crippen LogP contribution in [0.15, 0.2) is 30.3 Å². The molecule has 2 saturated carbocycles. The van der Waals surface area contributed by atoms with Crippen molar-refractivity contribution in [3.8, 4) is 5.75 Å². The van der Waals surface area contributed by atoms with E-state index in [0.29, 0.717) is 24.8 Å². The average Bonchev–Trinajstić information content (AvgIpc) is 4.04. The summed E-state index contributed by atoms with van der Waals surface area (Å²) in [5.74, 6) is -3.78. The fourth-order valence-electron chi connectivity index (χ4n) is 7.91. The lowest BCUT2D eigenvalue weighted by Crippen LogP contribution is -2.60. The number of benzene rings is 2. The van der Waals surface area contributed by atoms with Crippen molar-refractivity contribution in [2.45, 2.75) is 114 Å². The van der Waals surface area contributed by atoms with Gasteiger partial charge in [-0.25, -0.2) is 22.0 Å². The van der Waals surface area contributed by atoms with E-state index < -0.39 is 91.9 Å². The van der Waals surface area contributed by atoms with Gasteiger partial charge in [-0.05, 0) is 89.5 Å². The second-order valence-corrected chi connectivity index (χ2v) is 19.4. The predicted octanol–water partition coefficient (Wildman–Crippen LogP) is 4.54. The van der Waals surface area contributed by atoms with Gasteiger partial charge in [0.05, 0.1) is 31.4 Å². The summed E-state index contributed by atoms with van der Waals surface area (Å²) < 4.78 is 73.3. The average molecular weight is 791 g/mol. The Bertz CT molecular complexity index is 1980. The number of rotatable bonds is 8. The number of hydrogen-bond donors (Lipinski definition) is 3. The number of hydrogen-bond acceptors (Lipinski definition) is 9. The first-order chi connectivity index (χ1) is 25.6. The third kappa shape index (κ3) is 8.12. The second kappa shape index (κ2) is 14.5. The normalized spacial score (nSPS) is 28.7. The van der Waals surface area contributed by atoms with Gasteiger partial charge in [0, 0.05) is 13.5 Å². The molecule has 2 aromatic rings. The number of alkyl carbamates (subject to hydrolysis) is 1. The topological polar surface area (TPSA) is 169 Å². The molecule has 2 aromatic carbocycles. The van der Waals surface area contributed by atoms with Gasteiger partial charge in [-0.3, -0.25) is 19.1 Å². The van der Waals surface area contributed by atoms with Crippen LogP contribution in [0.5, 0.6) is 5.75 Å². The van der Waals surface area contributed by atoms with E-state index in [9.17, 15) is 36.4 Å². The van der Waals surface area contributed by atoms with Gasteiger partial charge in [0.2, 0.25) is 28.3 Å². The molecule has 0 aromatic heterocycles. The van der Waals surface area contributed by atoms with Gasteiger partial charge in [0.15, 0.2) is 0 Å². The van der Waals surface area contributed by atoms with Gasteiger partial charge in [-0.2, -0.15) is 0 Å². The van der Waals surface area contributed by atoms with Gasteiger partial charge >= 0.3 is 6.09 Å². The van der Waals surface area contributed by atoms with Gasteiger partial charge < -0.3 is 29.7 Å². The molecule has 4 amide bonds. The van der Waals surface area contributed by atoms with Gasteiger partial charge in [-0.1, -0.05) is 46.8 Å². The first-order valence-electron chi connectivity index (χ1n) is 18.7. The maximum absolute atomic E-state index is 14.8. The molecule has 2 heterocycles. The monoisotopic (exact) mass is 790 g/mol. The number of nitrogens with one attached hydrogen (secondary N) is 3. The minimum Gasteiger partial charge on any atom is -0.496 e. The minimum atomic E-state index is -4.13. The number of halogens is 2. The van der Waals surface area contributed by atoms with Crippen LogP contribution in [-0.4, -0.2) is 93.8 Å². The quantitative estimate of drug-likeness (QED) is 0.348. The van der Waals surface area contributed by atoms with Crippen molar-refractivity contribution in [1.82, 2.24) is 20.3 Å². The highest BCUT2D eigenvalue weighted by Gasteiger charge is 2.67. The first kappa shape index (κ1) is 40.6. The summed E-state index contributed by atoms with van der Waals surface area (Å²) in [6.45, 7) is 9.08. The van der Waals surface area contributed by atoms with Crippen LogP contribution in [0.2, 0.25) is 0 Å². The summed E-state index contributed by atoms with van der Waals surface area (Å²) in [5.41, 5.74) is -3.23. The molecule has 0 radical (unpaired) electrons. The van der Waals surface area contributed by atoms with Crippen molar-refractivity contribution >= 4 is 44.6 Å². The number of carbonyl (C=O) groups is 4. The summed E-state index contributed by atoms with van der Waals surface area (Å²) in [7, 11) is -1.08. The molecule has 13 nitrogen and oxygen atoms in total. The molecule has 3 fully saturated rings. The fraction of sp³-hybridized carbons (Fsp3) is 0.641. The Morgan fingerprint density at radius 2 is 1.76 bits per heavy atom. The third-order valence-electron chi connectivity index (χ3n) is 11.6. The number of alkyl halides is 2. The number of nitrogens with zero attached hydrogens (tertiary/aromatic N) is 1. The van der Waals surface area contributed by atoms with Crippen LogP contribution in [0.4, 0.5) is 13.6 Å². The van der Waals surface area contributed by atoms with Crippen molar-refractivity contribution in [1.29, 1.82) is 0 Å².